The van der Waals surface area contributed by atoms with Gasteiger partial charge in [0.25, 0.3) is 0 Å². The second-order valence-corrected chi connectivity index (χ2v) is 5.38. The first-order chi connectivity index (χ1) is 8.84. The van der Waals surface area contributed by atoms with Crippen LogP contribution >= 0.6 is 0 Å². The molecule has 0 spiro atoms. The maximum absolute atomic E-state index is 4.23. The van der Waals surface area contributed by atoms with Gasteiger partial charge in [0.05, 0.1) is 0 Å². The van der Waals surface area contributed by atoms with Crippen LogP contribution in [0.4, 0.5) is 0 Å². The van der Waals surface area contributed by atoms with Crippen LogP contribution in [0.3, 0.4) is 0 Å². The Morgan fingerprint density at radius 3 is 3.22 bits per heavy atom. The Hall–Kier alpha value is -0.870. The maximum atomic E-state index is 4.23. The molecule has 0 bridgehead atoms. The van der Waals surface area contributed by atoms with E-state index in [-0.39, 0.29) is 0 Å². The van der Waals surface area contributed by atoms with E-state index in [1.54, 1.807) is 0 Å². The minimum atomic E-state index is 0.579. The van der Waals surface area contributed by atoms with Crippen molar-refractivity contribution in [2.24, 2.45) is 0 Å². The van der Waals surface area contributed by atoms with Gasteiger partial charge in [-0.2, -0.15) is 0 Å². The molecule has 2 atom stereocenters. The highest BCUT2D eigenvalue weighted by Crippen LogP contribution is 2.12. The predicted molar refractivity (Wildman–Crippen MR) is 74.6 cm³/mol. The summed E-state index contributed by atoms with van der Waals surface area (Å²) in [4.78, 5) is 7.37. The smallest absolute Gasteiger partial charge is 0.107 e. The molecule has 4 heteroatoms. The zero-order valence-corrected chi connectivity index (χ0v) is 11.4. The first-order valence-electron chi connectivity index (χ1n) is 7.29. The van der Waals surface area contributed by atoms with Crippen LogP contribution in [0.15, 0.2) is 12.4 Å². The molecule has 1 aromatic heterocycles. The molecule has 1 fully saturated rings. The van der Waals surface area contributed by atoms with Crippen molar-refractivity contribution in [2.45, 2.75) is 57.5 Å². The summed E-state index contributed by atoms with van der Waals surface area (Å²) in [7, 11) is 0. The fourth-order valence-corrected chi connectivity index (χ4v) is 2.68. The van der Waals surface area contributed by atoms with Crippen LogP contribution in [-0.2, 0) is 6.42 Å². The normalized spacial score (nSPS) is 22.6. The van der Waals surface area contributed by atoms with Gasteiger partial charge in [-0.15, -0.1) is 0 Å². The van der Waals surface area contributed by atoms with Crippen molar-refractivity contribution in [1.82, 2.24) is 20.6 Å². The number of hydrogen-bond donors (Lipinski definition) is 3. The van der Waals surface area contributed by atoms with E-state index in [2.05, 4.69) is 27.5 Å². The minimum absolute atomic E-state index is 0.579. The Labute approximate surface area is 110 Å². The van der Waals surface area contributed by atoms with E-state index in [1.807, 2.05) is 12.4 Å². The monoisotopic (exact) mass is 250 g/mol. The Morgan fingerprint density at radius 2 is 2.39 bits per heavy atom. The zero-order chi connectivity index (χ0) is 12.6. The highest BCUT2D eigenvalue weighted by Gasteiger charge is 2.14. The number of rotatable bonds is 6. The van der Waals surface area contributed by atoms with E-state index in [1.165, 1.54) is 38.6 Å². The number of imidazole rings is 1. The van der Waals surface area contributed by atoms with Gasteiger partial charge in [0.1, 0.15) is 5.82 Å². The molecule has 102 valence electrons. The van der Waals surface area contributed by atoms with Gasteiger partial charge in [0.15, 0.2) is 0 Å². The maximum Gasteiger partial charge on any atom is 0.107 e. The van der Waals surface area contributed by atoms with Gasteiger partial charge in [-0.1, -0.05) is 12.8 Å². The van der Waals surface area contributed by atoms with E-state index < -0.39 is 0 Å². The highest BCUT2D eigenvalue weighted by atomic mass is 15.0. The third kappa shape index (κ3) is 4.78. The summed E-state index contributed by atoms with van der Waals surface area (Å²) in [6, 6.07) is 1.29. The van der Waals surface area contributed by atoms with Crippen LogP contribution in [0.5, 0.6) is 0 Å². The summed E-state index contributed by atoms with van der Waals surface area (Å²) in [5, 5.41) is 7.25. The summed E-state index contributed by atoms with van der Waals surface area (Å²) in [6.45, 7) is 4.49. The largest absolute Gasteiger partial charge is 0.349 e. The van der Waals surface area contributed by atoms with Crippen LogP contribution in [0.1, 0.15) is 44.9 Å². The third-order valence-corrected chi connectivity index (χ3v) is 3.71. The molecule has 3 N–H and O–H groups in total. The van der Waals surface area contributed by atoms with Gasteiger partial charge >= 0.3 is 0 Å². The summed E-state index contributed by atoms with van der Waals surface area (Å²) in [6.07, 6.45) is 11.4. The lowest BCUT2D eigenvalue weighted by Gasteiger charge is -2.21. The lowest BCUT2D eigenvalue weighted by Crippen LogP contribution is -2.37. The third-order valence-electron chi connectivity index (χ3n) is 3.71. The fourth-order valence-electron chi connectivity index (χ4n) is 2.68. The van der Waals surface area contributed by atoms with Gasteiger partial charge in [-0.25, -0.2) is 4.98 Å². The minimum Gasteiger partial charge on any atom is -0.349 e. The molecule has 1 aliphatic rings. The van der Waals surface area contributed by atoms with Gasteiger partial charge in [-0.3, -0.25) is 0 Å². The molecule has 2 heterocycles. The molecule has 2 rings (SSSR count). The van der Waals surface area contributed by atoms with Crippen LogP contribution in [0, 0.1) is 0 Å². The van der Waals surface area contributed by atoms with Crippen LogP contribution < -0.4 is 10.6 Å². The molecule has 0 aromatic carbocycles. The standard InChI is InChI=1S/C14H26N4/c1-12(11-13-5-3-2-4-7-16-13)15-8-6-14-17-9-10-18-14/h9-10,12-13,15-16H,2-8,11H2,1H3,(H,17,18). The second kappa shape index (κ2) is 7.54. The van der Waals surface area contributed by atoms with Crippen molar-refractivity contribution in [3.63, 3.8) is 0 Å². The van der Waals surface area contributed by atoms with Gasteiger partial charge < -0.3 is 15.6 Å². The van der Waals surface area contributed by atoms with Crippen molar-refractivity contribution in [3.8, 4) is 0 Å². The molecule has 1 aliphatic heterocycles. The Morgan fingerprint density at radius 1 is 1.44 bits per heavy atom. The van der Waals surface area contributed by atoms with Crippen molar-refractivity contribution in [1.29, 1.82) is 0 Å². The second-order valence-electron chi connectivity index (χ2n) is 5.38. The van der Waals surface area contributed by atoms with Gasteiger partial charge in [-0.05, 0) is 32.7 Å². The van der Waals surface area contributed by atoms with Gasteiger partial charge in [0, 0.05) is 37.4 Å². The summed E-state index contributed by atoms with van der Waals surface area (Å²) in [5.41, 5.74) is 0. The van der Waals surface area contributed by atoms with Crippen LogP contribution in [0.25, 0.3) is 0 Å². The Kier molecular flexibility index (Phi) is 5.68. The molecule has 0 aliphatic carbocycles. The number of nitrogens with one attached hydrogen (secondary N) is 3. The first kappa shape index (κ1) is 13.6. The summed E-state index contributed by atoms with van der Waals surface area (Å²) < 4.78 is 0. The molecular formula is C14H26N4. The summed E-state index contributed by atoms with van der Waals surface area (Å²) >= 11 is 0. The molecule has 0 amide bonds. The molecule has 0 radical (unpaired) electrons. The van der Waals surface area contributed by atoms with Crippen LogP contribution in [0.2, 0.25) is 0 Å². The molecular weight excluding hydrogens is 224 g/mol. The number of H-pyrrole nitrogens is 1. The van der Waals surface area contributed by atoms with E-state index >= 15 is 0 Å². The first-order valence-corrected chi connectivity index (χ1v) is 7.29. The van der Waals surface area contributed by atoms with E-state index in [0.717, 1.165) is 18.8 Å². The van der Waals surface area contributed by atoms with E-state index in [4.69, 9.17) is 0 Å². The predicted octanol–water partition coefficient (Wildman–Crippen LogP) is 1.85. The van der Waals surface area contributed by atoms with E-state index in [0.29, 0.717) is 12.1 Å². The average molecular weight is 250 g/mol. The molecule has 0 saturated carbocycles. The lowest BCUT2D eigenvalue weighted by atomic mass is 10.0. The van der Waals surface area contributed by atoms with Crippen molar-refractivity contribution < 1.29 is 0 Å². The highest BCUT2D eigenvalue weighted by molar-refractivity contribution is 4.87. The van der Waals surface area contributed by atoms with Crippen molar-refractivity contribution in [3.05, 3.63) is 18.2 Å². The molecule has 1 saturated heterocycles. The van der Waals surface area contributed by atoms with Crippen molar-refractivity contribution in [2.75, 3.05) is 13.1 Å². The summed E-state index contributed by atoms with van der Waals surface area (Å²) in [5.74, 6) is 1.07. The van der Waals surface area contributed by atoms with E-state index in [9.17, 15) is 0 Å². The number of hydrogen-bond acceptors (Lipinski definition) is 3. The number of nitrogens with zero attached hydrogens (tertiary/aromatic N) is 1. The van der Waals surface area contributed by atoms with Gasteiger partial charge in [0.2, 0.25) is 0 Å². The number of aromatic nitrogens is 2. The SMILES string of the molecule is CC(CC1CCCCCN1)NCCc1ncc[nH]1. The number of aromatic amines is 1. The molecule has 1 aromatic rings. The molecule has 4 nitrogen and oxygen atoms in total. The van der Waals surface area contributed by atoms with Crippen molar-refractivity contribution >= 4 is 0 Å². The average Bonchev–Trinajstić information content (AvgIpc) is 2.74. The fraction of sp³-hybridized carbons (Fsp3) is 0.786. The molecule has 18 heavy (non-hydrogen) atoms. The van der Waals surface area contributed by atoms with Crippen LogP contribution in [-0.4, -0.2) is 35.1 Å². The Balaban J connectivity index is 1.60. The topological polar surface area (TPSA) is 52.7 Å². The zero-order valence-electron chi connectivity index (χ0n) is 11.4. The Bertz CT molecular complexity index is 302. The molecule has 2 unspecified atom stereocenters. The quantitative estimate of drug-likeness (QED) is 0.722. The lowest BCUT2D eigenvalue weighted by molar-refractivity contribution is 0.404.